The molecule has 0 aliphatic carbocycles. The van der Waals surface area contributed by atoms with Gasteiger partial charge in [0, 0.05) is 0 Å². The van der Waals surface area contributed by atoms with Gasteiger partial charge in [-0.1, -0.05) is 0 Å². The summed E-state index contributed by atoms with van der Waals surface area (Å²) in [5.41, 5.74) is -0.0153. The van der Waals surface area contributed by atoms with E-state index in [0.29, 0.717) is 0 Å². The fourth-order valence-corrected chi connectivity index (χ4v) is 3.23. The first kappa shape index (κ1) is 35.2. The van der Waals surface area contributed by atoms with Crippen LogP contribution in [0.5, 0.6) is 34.5 Å². The zero-order valence-electron chi connectivity index (χ0n) is 17.1. The first-order valence-electron chi connectivity index (χ1n) is 8.44. The molecule has 198 valence electrons. The van der Waals surface area contributed by atoms with Crippen molar-refractivity contribution in [2.45, 2.75) is 0 Å². The van der Waals surface area contributed by atoms with Crippen molar-refractivity contribution in [3.8, 4) is 45.8 Å². The Morgan fingerprint density at radius 1 is 0.543 bits per heavy atom. The minimum atomic E-state index is -1.17. The standard InChI is InChI=1S/C15H18N8O8.4BrH/c16-20-3-1(4(21-17)11(28)12(29)10(3)27)15-13(30)8(25)2-7(24)5(22-18)9(26)6(23-19)14(2)31-15;;;;/h20-24,26-30H,16-19H2;4*1H. The van der Waals surface area contributed by atoms with Gasteiger partial charge in [0.2, 0.25) is 56.8 Å². The summed E-state index contributed by atoms with van der Waals surface area (Å²) in [6.07, 6.45) is 0. The Kier molecular flexibility index (Phi) is 13.5. The minimum absolute atomic E-state index is 0. The monoisotopic (exact) mass is 758 g/mol. The quantitative estimate of drug-likeness (QED) is 0.0379. The number of rotatable bonds is 5. The van der Waals surface area contributed by atoms with Gasteiger partial charge in [0.05, 0.1) is 0 Å². The van der Waals surface area contributed by atoms with Gasteiger partial charge in [0.1, 0.15) is 5.39 Å². The van der Waals surface area contributed by atoms with Crippen LogP contribution < -0.4 is 118 Å². The molecular weight excluding hydrogens is 740 g/mol. The molecule has 1 aromatic heterocycles. The zero-order valence-corrected chi connectivity index (χ0v) is 23.5. The maximum absolute atomic E-state index is 12.9. The van der Waals surface area contributed by atoms with Gasteiger partial charge in [0.15, 0.2) is 17.1 Å². The fourth-order valence-electron chi connectivity index (χ4n) is 3.23. The molecule has 0 amide bonds. The number of phenolic OH excluding ortho intramolecular Hbond substituents is 5. The second-order valence-electron chi connectivity index (χ2n) is 6.25. The molecule has 0 fully saturated rings. The summed E-state index contributed by atoms with van der Waals surface area (Å²) in [5.74, 6) is 16.1. The van der Waals surface area contributed by atoms with Gasteiger partial charge >= 0.3 is 0 Å². The van der Waals surface area contributed by atoms with Crippen LogP contribution in [0.1, 0.15) is 0 Å². The van der Waals surface area contributed by atoms with E-state index in [1.54, 1.807) is 0 Å². The highest BCUT2D eigenvalue weighted by Gasteiger charge is 2.36. The molecule has 3 aromatic rings. The summed E-state index contributed by atoms with van der Waals surface area (Å²) in [6, 6.07) is 0. The van der Waals surface area contributed by atoms with Crippen LogP contribution >= 0.6 is 0 Å². The van der Waals surface area contributed by atoms with E-state index in [4.69, 9.17) is 27.8 Å². The largest absolute Gasteiger partial charge is 1.00 e. The highest BCUT2D eigenvalue weighted by molar-refractivity contribution is 6.00. The lowest BCUT2D eigenvalue weighted by Crippen LogP contribution is -3.00. The van der Waals surface area contributed by atoms with Crippen LogP contribution in [0.15, 0.2) is 9.21 Å². The lowest BCUT2D eigenvalue weighted by atomic mass is 10.0. The number of benzene rings is 2. The predicted molar refractivity (Wildman–Crippen MR) is 101 cm³/mol. The Morgan fingerprint density at radius 2 is 0.971 bits per heavy atom. The highest BCUT2D eigenvalue weighted by Crippen LogP contribution is 2.52. The molecular formula is C15H22Br4N8O8. The molecule has 0 radical (unpaired) electrons. The molecule has 0 saturated heterocycles. The lowest BCUT2D eigenvalue weighted by Gasteiger charge is -2.14. The topological polar surface area (TPSA) is 322 Å². The van der Waals surface area contributed by atoms with E-state index in [-0.39, 0.29) is 96.2 Å². The summed E-state index contributed by atoms with van der Waals surface area (Å²) >= 11 is 0. The molecule has 3 rings (SSSR count). The number of phenols is 5. The molecule has 20 heteroatoms. The zero-order chi connectivity index (χ0) is 23.2. The molecule has 0 aliphatic heterocycles. The number of hydrogen-bond acceptors (Lipinski definition) is 12. The molecule has 0 saturated carbocycles. The molecule has 0 bridgehead atoms. The van der Waals surface area contributed by atoms with Crippen molar-refractivity contribution in [2.24, 2.45) is 23.4 Å². The number of hydrogen-bond donors (Lipinski definition) is 14. The van der Waals surface area contributed by atoms with Gasteiger partial charge < -0.3 is 103 Å². The summed E-state index contributed by atoms with van der Waals surface area (Å²) in [6.45, 7) is 0. The van der Waals surface area contributed by atoms with Gasteiger partial charge in [-0.2, -0.15) is 23.4 Å². The van der Waals surface area contributed by atoms with E-state index in [0.717, 1.165) is 21.7 Å². The summed E-state index contributed by atoms with van der Waals surface area (Å²) in [5, 5.41) is 61.0. The molecule has 0 spiro atoms. The van der Waals surface area contributed by atoms with Crippen LogP contribution in [0.4, 0.5) is 22.7 Å². The van der Waals surface area contributed by atoms with Crippen molar-refractivity contribution in [3.63, 3.8) is 0 Å². The molecule has 0 atom stereocenters. The van der Waals surface area contributed by atoms with Crippen LogP contribution in [0, 0.1) is 0 Å². The Bertz CT molecular complexity index is 1260. The van der Waals surface area contributed by atoms with Gasteiger partial charge in [-0.25, -0.2) is 21.7 Å². The number of nitrogens with two attached hydrogens (primary N) is 8. The van der Waals surface area contributed by atoms with E-state index in [9.17, 15) is 35.4 Å². The molecule has 2 aromatic carbocycles. The van der Waals surface area contributed by atoms with Crippen molar-refractivity contribution in [2.75, 3.05) is 0 Å². The number of halogens is 4. The Hall–Kier alpha value is -1.95. The van der Waals surface area contributed by atoms with Gasteiger partial charge in [-0.05, 0) is 0 Å². The van der Waals surface area contributed by atoms with E-state index >= 15 is 0 Å². The number of quaternary nitrogens is 4. The van der Waals surface area contributed by atoms with Crippen molar-refractivity contribution in [3.05, 3.63) is 10.2 Å². The average Bonchev–Trinajstić information content (AvgIpc) is 2.74. The molecule has 22 N–H and O–H groups in total. The first-order chi connectivity index (χ1) is 14.7. The third kappa shape index (κ3) is 5.28. The Morgan fingerprint density at radius 3 is 1.37 bits per heavy atom. The van der Waals surface area contributed by atoms with Crippen LogP contribution in [0.3, 0.4) is 0 Å². The summed E-state index contributed by atoms with van der Waals surface area (Å²) in [4.78, 5) is 12.9. The maximum atomic E-state index is 12.9. The Labute approximate surface area is 236 Å². The molecule has 1 heterocycles. The maximum Gasteiger partial charge on any atom is 0.251 e. The van der Waals surface area contributed by atoms with Gasteiger partial charge in [-0.3, -0.25) is 4.79 Å². The smallest absolute Gasteiger partial charge is 0.251 e. The normalized spacial score (nSPS) is 10.1. The van der Waals surface area contributed by atoms with Crippen LogP contribution in [0.2, 0.25) is 0 Å². The van der Waals surface area contributed by atoms with Crippen molar-refractivity contribution < 1.29 is 125 Å². The number of fused-ring (bicyclic) bond motifs is 1. The Balaban J connectivity index is 0. The lowest BCUT2D eigenvalue weighted by molar-refractivity contribution is -0.592. The second kappa shape index (κ2) is 13.4. The minimum Gasteiger partial charge on any atom is -1.00 e. The summed E-state index contributed by atoms with van der Waals surface area (Å²) < 4.78 is 5.59. The second-order valence-corrected chi connectivity index (χ2v) is 6.25. The first-order valence-corrected chi connectivity index (χ1v) is 8.44. The van der Waals surface area contributed by atoms with Gasteiger partial charge in [-0.15, -0.1) is 0 Å². The molecule has 0 unspecified atom stereocenters. The third-order valence-electron chi connectivity index (χ3n) is 4.73. The SMILES string of the molecule is N[NH2+]c1c(O)c(O)c(O)c([NH2+]N)c1-c1oc2c([NH2+]N)c(O)c([NH2+]N)c(O)c2c(=O)c1O.[Br-].[Br-].[Br-].[Br-]. The summed E-state index contributed by atoms with van der Waals surface area (Å²) in [7, 11) is 0. The van der Waals surface area contributed by atoms with Gasteiger partial charge in [0.25, 0.3) is 5.75 Å². The van der Waals surface area contributed by atoms with E-state index in [1.807, 2.05) is 0 Å². The van der Waals surface area contributed by atoms with E-state index in [2.05, 4.69) is 0 Å². The molecule has 16 nitrogen and oxygen atoms in total. The fraction of sp³-hybridized carbons (Fsp3) is 0. The van der Waals surface area contributed by atoms with Crippen molar-refractivity contribution in [1.29, 1.82) is 0 Å². The van der Waals surface area contributed by atoms with Crippen LogP contribution in [-0.4, -0.2) is 30.6 Å². The van der Waals surface area contributed by atoms with Crippen LogP contribution in [0.25, 0.3) is 22.3 Å². The highest BCUT2D eigenvalue weighted by atomic mass is 79.9. The predicted octanol–water partition coefficient (Wildman–Crippen LogP) is -18.0. The van der Waals surface area contributed by atoms with Crippen molar-refractivity contribution in [1.82, 2.24) is 0 Å². The average molecular weight is 762 g/mol. The number of aromatic hydroxyl groups is 6. The van der Waals surface area contributed by atoms with Crippen LogP contribution in [-0.2, 0) is 0 Å². The van der Waals surface area contributed by atoms with E-state index < -0.39 is 56.7 Å². The van der Waals surface area contributed by atoms with Crippen molar-refractivity contribution >= 4 is 33.7 Å². The third-order valence-corrected chi connectivity index (χ3v) is 4.73. The molecule has 35 heavy (non-hydrogen) atoms. The van der Waals surface area contributed by atoms with E-state index in [1.165, 1.54) is 0 Å². The molecule has 0 aliphatic rings.